The van der Waals surface area contributed by atoms with Gasteiger partial charge in [0.25, 0.3) is 6.04 Å². The highest BCUT2D eigenvalue weighted by molar-refractivity contribution is 5.93. The Hall–Kier alpha value is -3.08. The number of carbonyl (C=O) groups excluding carboxylic acids is 3. The second-order valence-corrected chi connectivity index (χ2v) is 12.6. The number of nitrogens with zero attached hydrogens (tertiary/aromatic N) is 3. The van der Waals surface area contributed by atoms with Gasteiger partial charge in [-0.3, -0.25) is 9.59 Å². The van der Waals surface area contributed by atoms with Crippen molar-refractivity contribution in [3.05, 3.63) is 46.8 Å². The second-order valence-electron chi connectivity index (χ2n) is 12.6. The van der Waals surface area contributed by atoms with E-state index in [9.17, 15) is 14.4 Å². The van der Waals surface area contributed by atoms with E-state index in [-0.39, 0.29) is 29.8 Å². The van der Waals surface area contributed by atoms with Gasteiger partial charge in [-0.05, 0) is 71.8 Å². The minimum Gasteiger partial charge on any atom is -0.444 e. The topological polar surface area (TPSA) is 83.3 Å². The van der Waals surface area contributed by atoms with Crippen LogP contribution in [0.4, 0.5) is 4.79 Å². The summed E-state index contributed by atoms with van der Waals surface area (Å²) in [5.74, 6) is -0.239. The molecule has 204 valence electrons. The van der Waals surface area contributed by atoms with Gasteiger partial charge < -0.3 is 24.7 Å². The maximum absolute atomic E-state index is 14.2. The Morgan fingerprint density at radius 2 is 1.87 bits per heavy atom. The Balaban J connectivity index is 1.38. The van der Waals surface area contributed by atoms with Crippen molar-refractivity contribution in [1.82, 2.24) is 15.1 Å². The van der Waals surface area contributed by atoms with Crippen molar-refractivity contribution in [3.63, 3.8) is 0 Å². The Morgan fingerprint density at radius 1 is 1.13 bits per heavy atom. The van der Waals surface area contributed by atoms with E-state index in [0.717, 1.165) is 49.7 Å². The fourth-order valence-corrected chi connectivity index (χ4v) is 6.95. The second kappa shape index (κ2) is 9.91. The molecule has 0 radical (unpaired) electrons. The summed E-state index contributed by atoms with van der Waals surface area (Å²) in [6.45, 7) is 16.0. The molecule has 3 aliphatic heterocycles. The number of hydrogen-bond acceptors (Lipinski definition) is 4. The quantitative estimate of drug-likeness (QED) is 0.592. The predicted octanol–water partition coefficient (Wildman–Crippen LogP) is 4.57. The van der Waals surface area contributed by atoms with Gasteiger partial charge >= 0.3 is 6.09 Å². The van der Waals surface area contributed by atoms with Crippen LogP contribution in [0.2, 0.25) is 0 Å². The molecule has 4 aliphatic rings. The molecule has 8 heteroatoms. The van der Waals surface area contributed by atoms with Gasteiger partial charge in [0.2, 0.25) is 11.8 Å². The van der Waals surface area contributed by atoms with Crippen LogP contribution in [0, 0.1) is 13.5 Å². The van der Waals surface area contributed by atoms with E-state index in [4.69, 9.17) is 11.3 Å². The van der Waals surface area contributed by atoms with Gasteiger partial charge in [0.05, 0.1) is 5.92 Å². The van der Waals surface area contributed by atoms with Crippen molar-refractivity contribution >= 4 is 17.9 Å². The van der Waals surface area contributed by atoms with Crippen LogP contribution in [0.15, 0.2) is 24.3 Å². The van der Waals surface area contributed by atoms with Crippen molar-refractivity contribution in [2.24, 2.45) is 0 Å². The average Bonchev–Trinajstić information content (AvgIpc) is 3.40. The lowest BCUT2D eigenvalue weighted by atomic mass is 9.90. The van der Waals surface area contributed by atoms with Gasteiger partial charge in [-0.1, -0.05) is 42.7 Å². The van der Waals surface area contributed by atoms with E-state index in [1.807, 2.05) is 11.0 Å². The third-order valence-corrected chi connectivity index (χ3v) is 8.80. The van der Waals surface area contributed by atoms with Crippen molar-refractivity contribution < 1.29 is 19.1 Å². The van der Waals surface area contributed by atoms with E-state index in [0.29, 0.717) is 19.4 Å². The summed E-state index contributed by atoms with van der Waals surface area (Å²) < 4.78 is 5.43. The SMILES string of the molecule is [C-]#[N+][C@@H]1[C@@H](c2cccc(C)c2)CN(C(=O)[C@@H]2CC[C@@H]3CCCC[C@H](NC(=O)OC(C)(C)C)C(=O)N32)C12CC2. The molecular formula is C30H40N4O4. The first-order chi connectivity index (χ1) is 18.0. The van der Waals surface area contributed by atoms with Crippen LogP contribution in [0.5, 0.6) is 0 Å². The number of fused-ring (bicyclic) bond motifs is 1. The fourth-order valence-electron chi connectivity index (χ4n) is 6.95. The maximum atomic E-state index is 14.2. The zero-order chi connectivity index (χ0) is 27.2. The largest absolute Gasteiger partial charge is 0.444 e. The van der Waals surface area contributed by atoms with Crippen LogP contribution in [0.1, 0.15) is 89.2 Å². The monoisotopic (exact) mass is 520 g/mol. The number of rotatable bonds is 3. The lowest BCUT2D eigenvalue weighted by molar-refractivity contribution is -0.148. The molecule has 1 saturated carbocycles. The van der Waals surface area contributed by atoms with Gasteiger partial charge in [0.1, 0.15) is 23.2 Å². The minimum atomic E-state index is -0.703. The molecule has 5 rings (SSSR count). The fraction of sp³-hybridized carbons (Fsp3) is 0.667. The first kappa shape index (κ1) is 26.5. The third kappa shape index (κ3) is 4.88. The van der Waals surface area contributed by atoms with Crippen LogP contribution in [0.3, 0.4) is 0 Å². The molecule has 3 saturated heterocycles. The molecule has 38 heavy (non-hydrogen) atoms. The summed E-state index contributed by atoms with van der Waals surface area (Å²) in [5, 5.41) is 2.80. The number of carbonyl (C=O) groups is 3. The van der Waals surface area contributed by atoms with Crippen LogP contribution >= 0.6 is 0 Å². The number of aryl methyl sites for hydroxylation is 1. The summed E-state index contributed by atoms with van der Waals surface area (Å²) in [6.07, 6.45) is 5.67. The molecule has 1 N–H and O–H groups in total. The average molecular weight is 521 g/mol. The van der Waals surface area contributed by atoms with Crippen molar-refractivity contribution in [2.45, 2.75) is 120 Å². The van der Waals surface area contributed by atoms with Crippen molar-refractivity contribution in [2.75, 3.05) is 6.54 Å². The summed E-state index contributed by atoms with van der Waals surface area (Å²) in [5.41, 5.74) is 1.17. The number of alkyl carbamates (subject to hydrolysis) is 1. The standard InChI is InChI=1S/C30H40N4O4/c1-19-9-8-10-20(17-19)22-18-33(30(15-16-30)25(22)31-5)27(36)24-14-13-21-11-6-7-12-23(26(35)34(21)24)32-28(37)38-29(2,3)4/h8-10,17,21-25H,6-7,11-16,18H2,1-4H3,(H,32,37)/t21-,22+,23-,24-,25+/m0/s1. The Labute approximate surface area is 225 Å². The van der Waals surface area contributed by atoms with Crippen LogP contribution in [-0.2, 0) is 14.3 Å². The molecule has 0 unspecified atom stereocenters. The molecule has 5 atom stereocenters. The van der Waals surface area contributed by atoms with E-state index in [2.05, 4.69) is 35.3 Å². The summed E-state index contributed by atoms with van der Waals surface area (Å²) in [4.78, 5) is 48.4. The van der Waals surface area contributed by atoms with E-state index in [1.54, 1.807) is 25.7 Å². The molecule has 1 spiro atoms. The Morgan fingerprint density at radius 3 is 2.53 bits per heavy atom. The number of likely N-dealkylation sites (tertiary alicyclic amines) is 1. The summed E-state index contributed by atoms with van der Waals surface area (Å²) in [7, 11) is 0. The molecule has 8 nitrogen and oxygen atoms in total. The molecule has 1 aliphatic carbocycles. The molecular weight excluding hydrogens is 480 g/mol. The molecule has 0 bridgehead atoms. The number of hydrogen-bond donors (Lipinski definition) is 1. The molecule has 3 amide bonds. The first-order valence-electron chi connectivity index (χ1n) is 14.1. The lowest BCUT2D eigenvalue weighted by Crippen LogP contribution is -2.58. The van der Waals surface area contributed by atoms with E-state index >= 15 is 0 Å². The Bertz CT molecular complexity index is 1150. The molecule has 1 aromatic carbocycles. The molecule has 3 heterocycles. The van der Waals surface area contributed by atoms with Gasteiger partial charge in [0.15, 0.2) is 0 Å². The normalized spacial score (nSPS) is 30.3. The Kier molecular flexibility index (Phi) is 6.91. The van der Waals surface area contributed by atoms with E-state index < -0.39 is 29.3 Å². The number of benzene rings is 1. The number of ether oxygens (including phenoxy) is 1. The van der Waals surface area contributed by atoms with Crippen LogP contribution < -0.4 is 5.32 Å². The van der Waals surface area contributed by atoms with Crippen molar-refractivity contribution in [3.8, 4) is 0 Å². The zero-order valence-corrected chi connectivity index (χ0v) is 23.0. The van der Waals surface area contributed by atoms with Gasteiger partial charge in [-0.15, -0.1) is 0 Å². The smallest absolute Gasteiger partial charge is 0.408 e. The van der Waals surface area contributed by atoms with Crippen molar-refractivity contribution in [1.29, 1.82) is 0 Å². The highest BCUT2D eigenvalue weighted by atomic mass is 16.6. The summed E-state index contributed by atoms with van der Waals surface area (Å²) in [6, 6.07) is 6.76. The third-order valence-electron chi connectivity index (χ3n) is 8.80. The van der Waals surface area contributed by atoms with Crippen LogP contribution in [0.25, 0.3) is 4.85 Å². The van der Waals surface area contributed by atoms with Gasteiger partial charge in [0, 0.05) is 12.6 Å². The van der Waals surface area contributed by atoms with Gasteiger partial charge in [-0.2, -0.15) is 0 Å². The molecule has 1 aromatic rings. The summed E-state index contributed by atoms with van der Waals surface area (Å²) >= 11 is 0. The highest BCUT2D eigenvalue weighted by Crippen LogP contribution is 2.56. The lowest BCUT2D eigenvalue weighted by Gasteiger charge is -2.37. The zero-order valence-electron chi connectivity index (χ0n) is 23.0. The molecule has 4 fully saturated rings. The highest BCUT2D eigenvalue weighted by Gasteiger charge is 2.68. The number of nitrogens with one attached hydrogen (secondary N) is 1. The van der Waals surface area contributed by atoms with E-state index in [1.165, 1.54) is 0 Å². The maximum Gasteiger partial charge on any atom is 0.408 e. The van der Waals surface area contributed by atoms with Crippen LogP contribution in [-0.4, -0.2) is 69.6 Å². The minimum absolute atomic E-state index is 0.00155. The molecule has 0 aromatic heterocycles. The predicted molar refractivity (Wildman–Crippen MR) is 143 cm³/mol. The first-order valence-corrected chi connectivity index (χ1v) is 14.1. The van der Waals surface area contributed by atoms with Gasteiger partial charge in [-0.25, -0.2) is 11.4 Å². The number of amides is 3.